The molecule has 3 fully saturated rings. The Morgan fingerprint density at radius 2 is 2.26 bits per heavy atom. The fourth-order valence-electron chi connectivity index (χ4n) is 3.37. The monoisotopic (exact) mass is 337 g/mol. The zero-order chi connectivity index (χ0) is 16.4. The van der Waals surface area contributed by atoms with Gasteiger partial charge in [0.1, 0.15) is 17.5 Å². The molecule has 0 radical (unpaired) electrons. The van der Waals surface area contributed by atoms with Crippen molar-refractivity contribution in [3.63, 3.8) is 0 Å². The number of nitrogens with zero attached hydrogens (tertiary/aromatic N) is 4. The lowest BCUT2D eigenvalue weighted by atomic mass is 9.95. The Labute approximate surface area is 137 Å². The van der Waals surface area contributed by atoms with Gasteiger partial charge in [-0.05, 0) is 32.6 Å². The lowest BCUT2D eigenvalue weighted by Gasteiger charge is -2.44. The van der Waals surface area contributed by atoms with Crippen molar-refractivity contribution in [1.82, 2.24) is 30.8 Å². The van der Waals surface area contributed by atoms with Crippen LogP contribution in [0.4, 0.5) is 0 Å². The van der Waals surface area contributed by atoms with Gasteiger partial charge in [-0.25, -0.2) is 0 Å². The van der Waals surface area contributed by atoms with E-state index in [1.807, 2.05) is 13.8 Å². The van der Waals surface area contributed by atoms with Gasteiger partial charge in [0, 0.05) is 4.75 Å². The molecule has 2 amide bonds. The molecule has 1 aromatic rings. The van der Waals surface area contributed by atoms with E-state index in [0.29, 0.717) is 5.82 Å². The predicted molar refractivity (Wildman–Crippen MR) is 81.9 cm³/mol. The highest BCUT2D eigenvalue weighted by Crippen LogP contribution is 2.56. The summed E-state index contributed by atoms with van der Waals surface area (Å²) in [6, 6.07) is -1.29. The predicted octanol–water partition coefficient (Wildman–Crippen LogP) is -0.843. The van der Waals surface area contributed by atoms with Gasteiger partial charge in [0.25, 0.3) is 0 Å². The average molecular weight is 337 g/mol. The van der Waals surface area contributed by atoms with Gasteiger partial charge in [0.2, 0.25) is 11.8 Å². The summed E-state index contributed by atoms with van der Waals surface area (Å²) < 4.78 is -0.262. The first kappa shape index (κ1) is 14.9. The Hall–Kier alpha value is -1.68. The third-order valence-corrected chi connectivity index (χ3v) is 6.35. The number of H-pyrrole nitrogens is 1. The van der Waals surface area contributed by atoms with Crippen LogP contribution >= 0.6 is 11.8 Å². The molecular weight excluding hydrogens is 318 g/mol. The number of hydrogen-bond acceptors (Lipinski definition) is 7. The molecule has 0 aromatic carbocycles. The minimum Gasteiger partial charge on any atom is -0.340 e. The molecule has 1 aromatic heterocycles. The number of fused-ring (bicyclic) bond motifs is 1. The topological polar surface area (TPSA) is 130 Å². The van der Waals surface area contributed by atoms with Crippen molar-refractivity contribution < 1.29 is 9.59 Å². The van der Waals surface area contributed by atoms with Gasteiger partial charge >= 0.3 is 0 Å². The molecule has 2 aliphatic heterocycles. The number of rotatable bonds is 4. The number of amides is 2. The van der Waals surface area contributed by atoms with Gasteiger partial charge in [0.05, 0.1) is 6.04 Å². The molecule has 4 N–H and O–H groups in total. The third-order valence-electron chi connectivity index (χ3n) is 4.78. The smallest absolute Gasteiger partial charge is 0.249 e. The molecule has 23 heavy (non-hydrogen) atoms. The van der Waals surface area contributed by atoms with Gasteiger partial charge in [-0.3, -0.25) is 9.59 Å². The molecule has 1 saturated carbocycles. The van der Waals surface area contributed by atoms with Crippen LogP contribution in [0.2, 0.25) is 0 Å². The Morgan fingerprint density at radius 3 is 2.87 bits per heavy atom. The molecule has 9 nitrogen and oxygen atoms in total. The van der Waals surface area contributed by atoms with E-state index in [4.69, 9.17) is 5.73 Å². The molecule has 10 heteroatoms. The molecule has 124 valence electrons. The van der Waals surface area contributed by atoms with E-state index in [9.17, 15) is 9.59 Å². The summed E-state index contributed by atoms with van der Waals surface area (Å²) in [5, 5.41) is 16.8. The number of aromatic amines is 1. The van der Waals surface area contributed by atoms with Crippen molar-refractivity contribution in [2.24, 2.45) is 11.7 Å². The van der Waals surface area contributed by atoms with Gasteiger partial charge in [0.15, 0.2) is 5.82 Å². The zero-order valence-corrected chi connectivity index (χ0v) is 13.7. The summed E-state index contributed by atoms with van der Waals surface area (Å²) in [7, 11) is 0. The number of carbonyl (C=O) groups is 2. The molecule has 4 rings (SSSR count). The van der Waals surface area contributed by atoms with Crippen LogP contribution in [-0.4, -0.2) is 59.5 Å². The minimum atomic E-state index is -0.520. The van der Waals surface area contributed by atoms with Crippen LogP contribution in [0.25, 0.3) is 0 Å². The van der Waals surface area contributed by atoms with Crippen LogP contribution < -0.4 is 11.1 Å². The second-order valence-corrected chi connectivity index (χ2v) is 8.65. The van der Waals surface area contributed by atoms with E-state index < -0.39 is 12.1 Å². The van der Waals surface area contributed by atoms with Crippen LogP contribution in [0.15, 0.2) is 0 Å². The van der Waals surface area contributed by atoms with Crippen LogP contribution in [0.5, 0.6) is 0 Å². The highest BCUT2D eigenvalue weighted by Gasteiger charge is 2.63. The Balaban J connectivity index is 1.50. The standard InChI is InChI=1S/C13H19N7O2S/c1-13(2)8(9-16-18-19-17-9)20-11(22)7(12(20)23-13)15-10(21)6(14)5-3-4-5/h5-8,12H,3-4,14H2,1-2H3,(H,15,21)(H,16,17,18,19)/t6?,7?,8?,12-/m0/s1. The van der Waals surface area contributed by atoms with E-state index in [1.165, 1.54) is 0 Å². The number of thioether (sulfide) groups is 1. The van der Waals surface area contributed by atoms with Crippen molar-refractivity contribution in [2.75, 3.05) is 0 Å². The molecule has 3 unspecified atom stereocenters. The number of nitrogens with two attached hydrogens (primary N) is 1. The van der Waals surface area contributed by atoms with Crippen molar-refractivity contribution >= 4 is 23.6 Å². The van der Waals surface area contributed by atoms with E-state index in [-0.39, 0.29) is 33.9 Å². The Bertz CT molecular complexity index is 645. The minimum absolute atomic E-state index is 0.112. The Kier molecular flexibility index (Phi) is 3.17. The Morgan fingerprint density at radius 1 is 1.52 bits per heavy atom. The van der Waals surface area contributed by atoms with Gasteiger partial charge in [-0.1, -0.05) is 5.21 Å². The lowest BCUT2D eigenvalue weighted by Crippen LogP contribution is -2.69. The maximum absolute atomic E-state index is 12.6. The van der Waals surface area contributed by atoms with Gasteiger partial charge in [-0.15, -0.1) is 22.0 Å². The first-order valence-electron chi connectivity index (χ1n) is 7.69. The summed E-state index contributed by atoms with van der Waals surface area (Å²) in [4.78, 5) is 26.5. The second-order valence-electron chi connectivity index (χ2n) is 6.88. The van der Waals surface area contributed by atoms with Crippen molar-refractivity contribution in [1.29, 1.82) is 0 Å². The maximum Gasteiger partial charge on any atom is 0.249 e. The van der Waals surface area contributed by atoms with E-state index >= 15 is 0 Å². The highest BCUT2D eigenvalue weighted by atomic mass is 32.2. The summed E-state index contributed by atoms with van der Waals surface area (Å²) >= 11 is 1.64. The fourth-order valence-corrected chi connectivity index (χ4v) is 5.00. The van der Waals surface area contributed by atoms with Crippen LogP contribution in [0.1, 0.15) is 38.6 Å². The summed E-state index contributed by atoms with van der Waals surface area (Å²) in [5.41, 5.74) is 5.91. The van der Waals surface area contributed by atoms with E-state index in [0.717, 1.165) is 12.8 Å². The number of aromatic nitrogens is 4. The molecular formula is C13H19N7O2S. The third kappa shape index (κ3) is 2.23. The largest absolute Gasteiger partial charge is 0.340 e. The highest BCUT2D eigenvalue weighted by molar-refractivity contribution is 8.01. The molecule has 1 aliphatic carbocycles. The number of nitrogens with one attached hydrogen (secondary N) is 2. The average Bonchev–Trinajstić information content (AvgIpc) is 3.16. The molecule has 0 bridgehead atoms. The molecule has 3 aliphatic rings. The maximum atomic E-state index is 12.6. The summed E-state index contributed by atoms with van der Waals surface area (Å²) in [6.45, 7) is 4.08. The summed E-state index contributed by atoms with van der Waals surface area (Å²) in [6.07, 6.45) is 1.98. The number of carbonyl (C=O) groups excluding carboxylic acids is 2. The summed E-state index contributed by atoms with van der Waals surface area (Å²) in [5.74, 6) is 0.421. The normalized spacial score (nSPS) is 33.1. The van der Waals surface area contributed by atoms with Gasteiger partial charge in [-0.2, -0.15) is 5.21 Å². The zero-order valence-electron chi connectivity index (χ0n) is 12.9. The van der Waals surface area contributed by atoms with Gasteiger partial charge < -0.3 is 16.0 Å². The van der Waals surface area contributed by atoms with Crippen molar-refractivity contribution in [2.45, 2.75) is 54.9 Å². The fraction of sp³-hybridized carbons (Fsp3) is 0.769. The molecule has 3 heterocycles. The molecule has 4 atom stereocenters. The number of β-lactam (4-membered cyclic amide) rings is 1. The molecule has 2 saturated heterocycles. The van der Waals surface area contributed by atoms with Crippen LogP contribution in [0.3, 0.4) is 0 Å². The number of tetrazole rings is 1. The SMILES string of the molecule is CC1(C)S[C@H]2C(NC(=O)C(N)C3CC3)C(=O)N2C1c1nn[nH]n1. The lowest BCUT2D eigenvalue weighted by molar-refractivity contribution is -0.152. The molecule has 0 spiro atoms. The first-order valence-corrected chi connectivity index (χ1v) is 8.57. The van der Waals surface area contributed by atoms with Crippen molar-refractivity contribution in [3.8, 4) is 0 Å². The van der Waals surface area contributed by atoms with E-state index in [2.05, 4.69) is 25.9 Å². The van der Waals surface area contributed by atoms with Crippen molar-refractivity contribution in [3.05, 3.63) is 5.82 Å². The quantitative estimate of drug-likeness (QED) is 0.611. The van der Waals surface area contributed by atoms with E-state index in [1.54, 1.807) is 16.7 Å². The van der Waals surface area contributed by atoms with Crippen LogP contribution in [0, 0.1) is 5.92 Å². The second kappa shape index (κ2) is 4.91. The number of hydrogen-bond donors (Lipinski definition) is 3. The first-order chi connectivity index (χ1) is 10.9. The van der Waals surface area contributed by atoms with Crippen LogP contribution in [-0.2, 0) is 9.59 Å².